The normalized spacial score (nSPS) is 10.4. The molecule has 6 nitrogen and oxygen atoms in total. The van der Waals surface area contributed by atoms with Crippen LogP contribution < -0.4 is 10.1 Å². The molecule has 1 aromatic heterocycles. The summed E-state index contributed by atoms with van der Waals surface area (Å²) in [5, 5.41) is 2.66. The lowest BCUT2D eigenvalue weighted by Gasteiger charge is -2.22. The number of rotatable bonds is 7. The van der Waals surface area contributed by atoms with Gasteiger partial charge in [-0.3, -0.25) is 9.59 Å². The fourth-order valence-corrected chi connectivity index (χ4v) is 2.76. The van der Waals surface area contributed by atoms with E-state index in [0.717, 1.165) is 17.0 Å². The van der Waals surface area contributed by atoms with E-state index in [2.05, 4.69) is 5.32 Å². The number of benzene rings is 2. The first kappa shape index (κ1) is 20.1. The molecule has 0 aliphatic carbocycles. The summed E-state index contributed by atoms with van der Waals surface area (Å²) >= 11 is 0. The van der Waals surface area contributed by atoms with E-state index < -0.39 is 23.4 Å². The maximum atomic E-state index is 13.5. The Labute approximate surface area is 165 Å². The smallest absolute Gasteiger partial charge is 0.254 e. The van der Waals surface area contributed by atoms with Crippen LogP contribution in [0.1, 0.15) is 16.1 Å². The lowest BCUT2D eigenvalue weighted by Crippen LogP contribution is -2.37. The van der Waals surface area contributed by atoms with Gasteiger partial charge in [-0.2, -0.15) is 0 Å². The Kier molecular flexibility index (Phi) is 6.23. The summed E-state index contributed by atoms with van der Waals surface area (Å²) in [5.41, 5.74) is 0.223. The van der Waals surface area contributed by atoms with Gasteiger partial charge >= 0.3 is 0 Å². The molecule has 0 atom stereocenters. The van der Waals surface area contributed by atoms with Gasteiger partial charge in [-0.05, 0) is 36.4 Å². The van der Waals surface area contributed by atoms with E-state index in [-0.39, 0.29) is 18.7 Å². The van der Waals surface area contributed by atoms with Gasteiger partial charge in [0.15, 0.2) is 0 Å². The molecular weight excluding hydrogens is 382 g/mol. The first-order valence-corrected chi connectivity index (χ1v) is 8.67. The molecule has 1 N–H and O–H groups in total. The molecule has 0 saturated heterocycles. The molecule has 29 heavy (non-hydrogen) atoms. The zero-order chi connectivity index (χ0) is 20.8. The minimum Gasteiger partial charge on any atom is -0.495 e. The number of furan rings is 1. The first-order valence-electron chi connectivity index (χ1n) is 8.67. The average Bonchev–Trinajstić information content (AvgIpc) is 3.19. The van der Waals surface area contributed by atoms with Crippen LogP contribution in [0.3, 0.4) is 0 Å². The number of carbonyl (C=O) groups is 2. The van der Waals surface area contributed by atoms with Gasteiger partial charge in [-0.15, -0.1) is 0 Å². The third kappa shape index (κ3) is 5.19. The molecule has 0 aliphatic heterocycles. The Morgan fingerprint density at radius 1 is 1.07 bits per heavy atom. The molecule has 3 rings (SSSR count). The third-order valence-electron chi connectivity index (χ3n) is 4.04. The van der Waals surface area contributed by atoms with Gasteiger partial charge < -0.3 is 19.4 Å². The predicted molar refractivity (Wildman–Crippen MR) is 101 cm³/mol. The van der Waals surface area contributed by atoms with Crippen molar-refractivity contribution in [3.05, 3.63) is 83.8 Å². The molecule has 8 heteroatoms. The first-order chi connectivity index (χ1) is 14.0. The molecule has 1 heterocycles. The van der Waals surface area contributed by atoms with Crippen molar-refractivity contribution in [3.63, 3.8) is 0 Å². The second-order valence-corrected chi connectivity index (χ2v) is 6.15. The van der Waals surface area contributed by atoms with Crippen LogP contribution in [-0.4, -0.2) is 30.4 Å². The Hall–Kier alpha value is -3.68. The zero-order valence-corrected chi connectivity index (χ0v) is 15.5. The van der Waals surface area contributed by atoms with Crippen molar-refractivity contribution in [1.82, 2.24) is 4.90 Å². The highest BCUT2D eigenvalue weighted by molar-refractivity contribution is 5.99. The maximum Gasteiger partial charge on any atom is 0.254 e. The molecule has 150 valence electrons. The van der Waals surface area contributed by atoms with Gasteiger partial charge in [0.05, 0.1) is 25.6 Å². The van der Waals surface area contributed by atoms with Crippen LogP contribution in [0, 0.1) is 11.6 Å². The Morgan fingerprint density at radius 3 is 2.45 bits per heavy atom. The van der Waals surface area contributed by atoms with Crippen molar-refractivity contribution in [3.8, 4) is 5.75 Å². The molecule has 0 bridgehead atoms. The summed E-state index contributed by atoms with van der Waals surface area (Å²) in [4.78, 5) is 26.5. The Bertz CT molecular complexity index is 985. The van der Waals surface area contributed by atoms with Gasteiger partial charge in [0.1, 0.15) is 29.7 Å². The molecular formula is C21H18F2N2O4. The van der Waals surface area contributed by atoms with Crippen LogP contribution in [0.15, 0.2) is 65.3 Å². The highest BCUT2D eigenvalue weighted by atomic mass is 19.1. The van der Waals surface area contributed by atoms with Crippen molar-refractivity contribution in [2.45, 2.75) is 6.54 Å². The number of halogens is 2. The molecule has 0 unspecified atom stereocenters. The number of carbonyl (C=O) groups excluding carboxylic acids is 2. The van der Waals surface area contributed by atoms with Crippen molar-refractivity contribution in [1.29, 1.82) is 0 Å². The molecule has 0 aliphatic rings. The van der Waals surface area contributed by atoms with Crippen molar-refractivity contribution in [2.24, 2.45) is 0 Å². The van der Waals surface area contributed by atoms with Gasteiger partial charge in [0, 0.05) is 11.6 Å². The van der Waals surface area contributed by atoms with Crippen LogP contribution in [0.5, 0.6) is 5.75 Å². The summed E-state index contributed by atoms with van der Waals surface area (Å²) in [7, 11) is 1.47. The lowest BCUT2D eigenvalue weighted by atomic mass is 10.1. The van der Waals surface area contributed by atoms with Gasteiger partial charge in [0.25, 0.3) is 5.91 Å². The number of methoxy groups -OCH3 is 1. The molecule has 3 aromatic rings. The average molecular weight is 400 g/mol. The van der Waals surface area contributed by atoms with Crippen LogP contribution >= 0.6 is 0 Å². The van der Waals surface area contributed by atoms with E-state index >= 15 is 0 Å². The van der Waals surface area contributed by atoms with E-state index in [0.29, 0.717) is 23.3 Å². The van der Waals surface area contributed by atoms with E-state index in [4.69, 9.17) is 9.15 Å². The molecule has 2 aromatic carbocycles. The van der Waals surface area contributed by atoms with E-state index in [9.17, 15) is 18.4 Å². The number of hydrogen-bond donors (Lipinski definition) is 1. The van der Waals surface area contributed by atoms with Crippen LogP contribution in [0.25, 0.3) is 0 Å². The lowest BCUT2D eigenvalue weighted by molar-refractivity contribution is -0.117. The van der Waals surface area contributed by atoms with Gasteiger partial charge in [-0.1, -0.05) is 12.1 Å². The number of hydrogen-bond acceptors (Lipinski definition) is 4. The number of nitrogens with zero attached hydrogens (tertiary/aromatic N) is 1. The Balaban J connectivity index is 1.81. The summed E-state index contributed by atoms with van der Waals surface area (Å²) in [6.07, 6.45) is 1.43. The number of ether oxygens (including phenoxy) is 1. The molecule has 2 amide bonds. The molecule has 0 spiro atoms. The van der Waals surface area contributed by atoms with Crippen LogP contribution in [0.2, 0.25) is 0 Å². The Morgan fingerprint density at radius 2 is 1.79 bits per heavy atom. The van der Waals surface area contributed by atoms with Crippen molar-refractivity contribution < 1.29 is 27.5 Å². The zero-order valence-electron chi connectivity index (χ0n) is 15.5. The van der Waals surface area contributed by atoms with Crippen LogP contribution in [0.4, 0.5) is 14.5 Å². The van der Waals surface area contributed by atoms with E-state index in [1.54, 1.807) is 36.4 Å². The fraction of sp³-hybridized carbons (Fsp3) is 0.143. The van der Waals surface area contributed by atoms with Gasteiger partial charge in [-0.25, -0.2) is 8.78 Å². The maximum absolute atomic E-state index is 13.5. The number of amides is 2. The van der Waals surface area contributed by atoms with Crippen molar-refractivity contribution >= 4 is 17.5 Å². The number of anilines is 1. The van der Waals surface area contributed by atoms with Gasteiger partial charge in [0.2, 0.25) is 5.91 Å². The number of para-hydroxylation sites is 2. The summed E-state index contributed by atoms with van der Waals surface area (Å²) in [6, 6.07) is 12.6. The minimum atomic E-state index is -0.884. The monoisotopic (exact) mass is 400 g/mol. The van der Waals surface area contributed by atoms with Crippen LogP contribution in [-0.2, 0) is 11.3 Å². The summed E-state index contributed by atoms with van der Waals surface area (Å²) in [6.45, 7) is -0.418. The fourth-order valence-electron chi connectivity index (χ4n) is 2.76. The summed E-state index contributed by atoms with van der Waals surface area (Å²) in [5.74, 6) is -2.12. The van der Waals surface area contributed by atoms with E-state index in [1.807, 2.05) is 0 Å². The topological polar surface area (TPSA) is 71.8 Å². The SMILES string of the molecule is COc1ccccc1NC(=O)CN(Cc1ccco1)C(=O)c1cc(F)cc(F)c1. The third-order valence-corrected chi connectivity index (χ3v) is 4.04. The highest BCUT2D eigenvalue weighted by Gasteiger charge is 2.22. The quantitative estimate of drug-likeness (QED) is 0.654. The van der Waals surface area contributed by atoms with Crippen molar-refractivity contribution in [2.75, 3.05) is 19.0 Å². The predicted octanol–water partition coefficient (Wildman–Crippen LogP) is 3.85. The minimum absolute atomic E-state index is 0.0523. The second kappa shape index (κ2) is 9.01. The number of nitrogens with one attached hydrogen (secondary N) is 1. The molecule has 0 saturated carbocycles. The largest absolute Gasteiger partial charge is 0.495 e. The molecule has 0 radical (unpaired) electrons. The standard InChI is InChI=1S/C21H18F2N2O4/c1-28-19-7-3-2-6-18(19)24-20(26)13-25(12-17-5-4-8-29-17)21(27)14-9-15(22)11-16(23)10-14/h2-11H,12-13H2,1H3,(H,24,26). The second-order valence-electron chi connectivity index (χ2n) is 6.15. The summed E-state index contributed by atoms with van der Waals surface area (Å²) < 4.78 is 37.5. The van der Waals surface area contributed by atoms with E-state index in [1.165, 1.54) is 13.4 Å². The highest BCUT2D eigenvalue weighted by Crippen LogP contribution is 2.23. The molecule has 0 fully saturated rings.